The number of benzene rings is 1. The second-order valence-electron chi connectivity index (χ2n) is 5.31. The highest BCUT2D eigenvalue weighted by Crippen LogP contribution is 2.29. The minimum atomic E-state index is -1.22. The van der Waals surface area contributed by atoms with Crippen LogP contribution in [-0.4, -0.2) is 27.3 Å². The van der Waals surface area contributed by atoms with Crippen molar-refractivity contribution >= 4 is 17.6 Å². The Kier molecular flexibility index (Phi) is 3.01. The van der Waals surface area contributed by atoms with Gasteiger partial charge in [0.25, 0.3) is 5.91 Å². The number of anilines is 1. The summed E-state index contributed by atoms with van der Waals surface area (Å²) in [5.41, 5.74) is 0.682. The summed E-state index contributed by atoms with van der Waals surface area (Å²) in [6.45, 7) is 1.62. The van der Waals surface area contributed by atoms with Gasteiger partial charge in [-0.1, -0.05) is 18.2 Å². The monoisotopic (exact) mass is 285 g/mol. The van der Waals surface area contributed by atoms with Gasteiger partial charge in [0.15, 0.2) is 5.60 Å². The van der Waals surface area contributed by atoms with Crippen molar-refractivity contribution in [2.75, 3.05) is 5.32 Å². The fourth-order valence-electron chi connectivity index (χ4n) is 2.41. The van der Waals surface area contributed by atoms with Gasteiger partial charge in [-0.3, -0.25) is 9.48 Å². The molecular weight excluding hydrogens is 270 g/mol. The zero-order valence-corrected chi connectivity index (χ0v) is 11.8. The van der Waals surface area contributed by atoms with E-state index >= 15 is 0 Å². The van der Waals surface area contributed by atoms with Gasteiger partial charge >= 0.3 is 5.97 Å². The number of carbonyl (C=O) groups excluding carboxylic acids is 2. The molecule has 1 aromatic carbocycles. The number of aromatic nitrogens is 2. The molecular formula is C15H15N3O3. The van der Waals surface area contributed by atoms with Crippen molar-refractivity contribution in [3.8, 4) is 0 Å². The minimum absolute atomic E-state index is 0.348. The molecule has 2 aromatic rings. The Labute approximate surface area is 121 Å². The lowest BCUT2D eigenvalue weighted by Crippen LogP contribution is -2.48. The number of nitrogens with one attached hydrogen (secondary N) is 1. The third-order valence-electron chi connectivity index (χ3n) is 3.53. The van der Waals surface area contributed by atoms with Crippen molar-refractivity contribution < 1.29 is 14.3 Å². The summed E-state index contributed by atoms with van der Waals surface area (Å²) in [6.07, 6.45) is 3.57. The van der Waals surface area contributed by atoms with Crippen LogP contribution in [-0.2, 0) is 23.0 Å². The van der Waals surface area contributed by atoms with E-state index in [4.69, 9.17) is 4.74 Å². The van der Waals surface area contributed by atoms with E-state index < -0.39 is 11.6 Å². The van der Waals surface area contributed by atoms with E-state index in [1.165, 1.54) is 0 Å². The van der Waals surface area contributed by atoms with Crippen LogP contribution in [0.5, 0.6) is 0 Å². The predicted molar refractivity (Wildman–Crippen MR) is 75.8 cm³/mol. The summed E-state index contributed by atoms with van der Waals surface area (Å²) in [5.74, 6) is -0.834. The maximum Gasteiger partial charge on any atom is 0.339 e. The first-order valence-electron chi connectivity index (χ1n) is 6.59. The van der Waals surface area contributed by atoms with E-state index in [2.05, 4.69) is 10.4 Å². The molecule has 1 aliphatic rings. The number of hydrogen-bond acceptors (Lipinski definition) is 4. The lowest BCUT2D eigenvalue weighted by molar-refractivity contribution is -0.134. The van der Waals surface area contributed by atoms with Gasteiger partial charge < -0.3 is 10.1 Å². The van der Waals surface area contributed by atoms with Crippen molar-refractivity contribution in [2.45, 2.75) is 18.9 Å². The van der Waals surface area contributed by atoms with E-state index in [1.54, 1.807) is 43.2 Å². The van der Waals surface area contributed by atoms with Crippen LogP contribution in [0.3, 0.4) is 0 Å². The summed E-state index contributed by atoms with van der Waals surface area (Å²) in [4.78, 5) is 24.5. The van der Waals surface area contributed by atoms with Gasteiger partial charge in [-0.05, 0) is 18.6 Å². The van der Waals surface area contributed by atoms with Gasteiger partial charge in [-0.15, -0.1) is 0 Å². The molecule has 0 saturated heterocycles. The SMILES string of the molecule is Cn1cc(NC(=O)[C@]2(C)Cc3ccccc3C(=O)O2)cn1. The highest BCUT2D eigenvalue weighted by Gasteiger charge is 2.42. The maximum atomic E-state index is 12.4. The van der Waals surface area contributed by atoms with Crippen LogP contribution in [0.25, 0.3) is 0 Å². The number of cyclic esters (lactones) is 1. The number of carbonyl (C=O) groups is 2. The zero-order valence-electron chi connectivity index (χ0n) is 11.8. The van der Waals surface area contributed by atoms with E-state index in [0.717, 1.165) is 5.56 Å². The average Bonchev–Trinajstić information content (AvgIpc) is 2.84. The number of hydrogen-bond donors (Lipinski definition) is 1. The molecule has 0 radical (unpaired) electrons. The molecule has 0 aliphatic carbocycles. The Bertz CT molecular complexity index is 722. The van der Waals surface area contributed by atoms with Crippen molar-refractivity contribution in [3.63, 3.8) is 0 Å². The van der Waals surface area contributed by atoms with E-state index in [9.17, 15) is 9.59 Å². The Hall–Kier alpha value is -2.63. The molecule has 6 heteroatoms. The lowest BCUT2D eigenvalue weighted by atomic mass is 9.89. The third kappa shape index (κ3) is 2.40. The minimum Gasteiger partial charge on any atom is -0.445 e. The van der Waals surface area contributed by atoms with Crippen molar-refractivity contribution in [2.24, 2.45) is 7.05 Å². The van der Waals surface area contributed by atoms with Gasteiger partial charge in [0.2, 0.25) is 0 Å². The second-order valence-corrected chi connectivity index (χ2v) is 5.31. The highest BCUT2D eigenvalue weighted by molar-refractivity contribution is 6.02. The third-order valence-corrected chi connectivity index (χ3v) is 3.53. The average molecular weight is 285 g/mol. The second kappa shape index (κ2) is 4.73. The number of ether oxygens (including phenoxy) is 1. The fraction of sp³-hybridized carbons (Fsp3) is 0.267. The van der Waals surface area contributed by atoms with Crippen LogP contribution in [0, 0.1) is 0 Å². The number of amides is 1. The molecule has 1 N–H and O–H groups in total. The van der Waals surface area contributed by atoms with Gasteiger partial charge in [0.05, 0.1) is 17.4 Å². The molecule has 1 atom stereocenters. The molecule has 6 nitrogen and oxygen atoms in total. The summed E-state index contributed by atoms with van der Waals surface area (Å²) < 4.78 is 6.95. The topological polar surface area (TPSA) is 73.2 Å². The van der Waals surface area contributed by atoms with Gasteiger partial charge in [-0.25, -0.2) is 4.79 Å². The standard InChI is InChI=1S/C15H15N3O3/c1-15(14(20)17-11-8-16-18(2)9-11)7-10-5-3-4-6-12(10)13(19)21-15/h3-6,8-9H,7H2,1-2H3,(H,17,20)/t15-/m0/s1. The van der Waals surface area contributed by atoms with Crippen LogP contribution in [0.15, 0.2) is 36.7 Å². The number of fused-ring (bicyclic) bond motifs is 1. The van der Waals surface area contributed by atoms with Crippen LogP contribution in [0.1, 0.15) is 22.8 Å². The Morgan fingerprint density at radius 3 is 2.90 bits per heavy atom. The molecule has 1 aliphatic heterocycles. The molecule has 2 heterocycles. The summed E-state index contributed by atoms with van der Waals surface area (Å²) in [5, 5.41) is 6.71. The maximum absolute atomic E-state index is 12.4. The smallest absolute Gasteiger partial charge is 0.339 e. The molecule has 1 amide bonds. The van der Waals surface area contributed by atoms with Gasteiger partial charge in [-0.2, -0.15) is 5.10 Å². The molecule has 0 saturated carbocycles. The first-order chi connectivity index (χ1) is 9.98. The summed E-state index contributed by atoms with van der Waals surface area (Å²) >= 11 is 0. The largest absolute Gasteiger partial charge is 0.445 e. The lowest BCUT2D eigenvalue weighted by Gasteiger charge is -2.32. The highest BCUT2D eigenvalue weighted by atomic mass is 16.6. The fourth-order valence-corrected chi connectivity index (χ4v) is 2.41. The van der Waals surface area contributed by atoms with Crippen molar-refractivity contribution in [1.82, 2.24) is 9.78 Å². The van der Waals surface area contributed by atoms with Crippen LogP contribution in [0.2, 0.25) is 0 Å². The first kappa shape index (κ1) is 13.4. The number of rotatable bonds is 2. The molecule has 108 valence electrons. The zero-order chi connectivity index (χ0) is 15.0. The van der Waals surface area contributed by atoms with Crippen LogP contribution in [0.4, 0.5) is 5.69 Å². The predicted octanol–water partition coefficient (Wildman–Crippen LogP) is 1.53. The van der Waals surface area contributed by atoms with Crippen molar-refractivity contribution in [1.29, 1.82) is 0 Å². The van der Waals surface area contributed by atoms with Crippen molar-refractivity contribution in [3.05, 3.63) is 47.8 Å². The molecule has 0 fully saturated rings. The molecule has 1 aromatic heterocycles. The summed E-state index contributed by atoms with van der Waals surface area (Å²) in [6, 6.07) is 7.16. The Morgan fingerprint density at radius 1 is 1.43 bits per heavy atom. The first-order valence-corrected chi connectivity index (χ1v) is 6.59. The molecule has 0 bridgehead atoms. The van der Waals surface area contributed by atoms with Crippen LogP contribution >= 0.6 is 0 Å². The van der Waals surface area contributed by atoms with Gasteiger partial charge in [0.1, 0.15) is 0 Å². The quantitative estimate of drug-likeness (QED) is 0.849. The normalized spacial score (nSPS) is 20.6. The Morgan fingerprint density at radius 2 is 2.19 bits per heavy atom. The van der Waals surface area contributed by atoms with Crippen LogP contribution < -0.4 is 5.32 Å². The van der Waals surface area contributed by atoms with E-state index in [1.807, 2.05) is 12.1 Å². The molecule has 21 heavy (non-hydrogen) atoms. The number of aryl methyl sites for hydroxylation is 1. The number of esters is 1. The molecule has 3 rings (SSSR count). The molecule has 0 spiro atoms. The van der Waals surface area contributed by atoms with E-state index in [0.29, 0.717) is 17.7 Å². The van der Waals surface area contributed by atoms with Gasteiger partial charge in [0, 0.05) is 19.7 Å². The number of nitrogens with zero attached hydrogens (tertiary/aromatic N) is 2. The molecule has 0 unspecified atom stereocenters. The Balaban J connectivity index is 1.85. The van der Waals surface area contributed by atoms with E-state index in [-0.39, 0.29) is 5.91 Å². The summed E-state index contributed by atoms with van der Waals surface area (Å²) in [7, 11) is 1.76.